The lowest BCUT2D eigenvalue weighted by atomic mass is 9.87. The Labute approximate surface area is 234 Å². The van der Waals surface area contributed by atoms with Crippen LogP contribution < -0.4 is 15.0 Å². The summed E-state index contributed by atoms with van der Waals surface area (Å²) in [7, 11) is 1.65. The van der Waals surface area contributed by atoms with Crippen molar-refractivity contribution < 1.29 is 18.7 Å². The predicted molar refractivity (Wildman–Crippen MR) is 154 cm³/mol. The molecule has 208 valence electrons. The van der Waals surface area contributed by atoms with E-state index >= 15 is 0 Å². The van der Waals surface area contributed by atoms with E-state index in [1.54, 1.807) is 24.1 Å². The molecule has 39 heavy (non-hydrogen) atoms. The highest BCUT2D eigenvalue weighted by atomic mass is 32.2. The minimum atomic E-state index is -0.461. The van der Waals surface area contributed by atoms with Crippen LogP contribution in [0.2, 0.25) is 0 Å². The number of hydrogen-bond acceptors (Lipinski definition) is 5. The molecule has 0 saturated heterocycles. The van der Waals surface area contributed by atoms with Gasteiger partial charge in [-0.2, -0.15) is 5.10 Å². The van der Waals surface area contributed by atoms with E-state index in [0.29, 0.717) is 5.82 Å². The van der Waals surface area contributed by atoms with Crippen LogP contribution in [0.5, 0.6) is 5.75 Å². The molecule has 9 heteroatoms. The second-order valence-electron chi connectivity index (χ2n) is 11.7. The summed E-state index contributed by atoms with van der Waals surface area (Å²) in [6.45, 7) is 12.5. The number of amides is 2. The van der Waals surface area contributed by atoms with Gasteiger partial charge in [0.1, 0.15) is 23.9 Å². The first-order valence-electron chi connectivity index (χ1n) is 13.0. The lowest BCUT2D eigenvalue weighted by Gasteiger charge is -2.29. The number of thioether (sulfide) groups is 1. The maximum atomic E-state index is 13.7. The van der Waals surface area contributed by atoms with Crippen LogP contribution in [-0.4, -0.2) is 41.0 Å². The Kier molecular flexibility index (Phi) is 8.12. The number of hydrogen-bond donors (Lipinski definition) is 1. The van der Waals surface area contributed by atoms with Crippen molar-refractivity contribution in [1.82, 2.24) is 15.1 Å². The molecule has 2 aromatic carbocycles. The number of nitrogens with one attached hydrogen (secondary N) is 1. The van der Waals surface area contributed by atoms with Gasteiger partial charge in [-0.05, 0) is 44.5 Å². The number of halogens is 1. The zero-order chi connectivity index (χ0) is 28.5. The van der Waals surface area contributed by atoms with Crippen LogP contribution in [0.25, 0.3) is 0 Å². The van der Waals surface area contributed by atoms with Crippen molar-refractivity contribution >= 4 is 29.4 Å². The Morgan fingerprint density at radius 3 is 2.38 bits per heavy atom. The van der Waals surface area contributed by atoms with Gasteiger partial charge in [0.25, 0.3) is 0 Å². The van der Waals surface area contributed by atoms with Crippen LogP contribution in [-0.2, 0) is 27.1 Å². The minimum absolute atomic E-state index is 0.155. The van der Waals surface area contributed by atoms with Crippen LogP contribution in [0.15, 0.2) is 48.5 Å². The largest absolute Gasteiger partial charge is 0.496 e. The van der Waals surface area contributed by atoms with Gasteiger partial charge >= 0.3 is 0 Å². The van der Waals surface area contributed by atoms with Crippen LogP contribution in [0.1, 0.15) is 69.2 Å². The second-order valence-corrected chi connectivity index (χ2v) is 12.8. The third-order valence-corrected chi connectivity index (χ3v) is 7.80. The second kappa shape index (κ2) is 11.0. The molecule has 1 aromatic heterocycles. The topological polar surface area (TPSA) is 76.5 Å². The fourth-order valence-electron chi connectivity index (χ4n) is 4.67. The number of carbonyl (C=O) groups is 2. The van der Waals surface area contributed by atoms with Crippen molar-refractivity contribution in [1.29, 1.82) is 0 Å². The molecule has 1 aliphatic heterocycles. The first-order valence-corrected chi connectivity index (χ1v) is 14.1. The highest BCUT2D eigenvalue weighted by Crippen LogP contribution is 2.50. The van der Waals surface area contributed by atoms with E-state index < -0.39 is 5.54 Å². The molecule has 1 aliphatic rings. The lowest BCUT2D eigenvalue weighted by molar-refractivity contribution is -0.123. The van der Waals surface area contributed by atoms with Crippen molar-refractivity contribution in [2.24, 2.45) is 0 Å². The van der Waals surface area contributed by atoms with Crippen LogP contribution >= 0.6 is 11.8 Å². The number of aromatic nitrogens is 2. The molecule has 1 atom stereocenters. The van der Waals surface area contributed by atoms with E-state index in [1.807, 2.05) is 49.7 Å². The van der Waals surface area contributed by atoms with E-state index in [2.05, 4.69) is 26.1 Å². The van der Waals surface area contributed by atoms with Crippen LogP contribution in [0, 0.1) is 5.82 Å². The fourth-order valence-corrected chi connectivity index (χ4v) is 5.89. The van der Waals surface area contributed by atoms with E-state index in [0.717, 1.165) is 28.1 Å². The molecule has 0 bridgehead atoms. The fraction of sp³-hybridized carbons (Fsp3) is 0.433. The number of benzene rings is 2. The molecule has 1 N–H and O–H groups in total. The SMILES string of the molecule is COc1ccccc1[C@@H]1SCC(=O)N(CC(=O)NCc2ccc(F)cc2)c2c1c(C(C)(C)C)nn2C(C)(C)C. The number of rotatable bonds is 6. The van der Waals surface area contributed by atoms with Gasteiger partial charge in [0.15, 0.2) is 0 Å². The van der Waals surface area contributed by atoms with Crippen molar-refractivity contribution in [3.05, 3.63) is 76.7 Å². The molecule has 0 aliphatic carbocycles. The summed E-state index contributed by atoms with van der Waals surface area (Å²) in [6, 6.07) is 13.8. The summed E-state index contributed by atoms with van der Waals surface area (Å²) in [5.41, 5.74) is 2.74. The number of fused-ring (bicyclic) bond motifs is 1. The van der Waals surface area contributed by atoms with Gasteiger partial charge in [-0.15, -0.1) is 11.8 Å². The highest BCUT2D eigenvalue weighted by Gasteiger charge is 2.42. The Hall–Kier alpha value is -3.33. The van der Waals surface area contributed by atoms with E-state index in [1.165, 1.54) is 23.9 Å². The van der Waals surface area contributed by atoms with E-state index in [4.69, 9.17) is 9.84 Å². The molecule has 7 nitrogen and oxygen atoms in total. The van der Waals surface area contributed by atoms with E-state index in [-0.39, 0.29) is 47.1 Å². The molecule has 4 rings (SSSR count). The smallest absolute Gasteiger partial charge is 0.240 e. The first-order chi connectivity index (χ1) is 18.3. The molecule has 0 unspecified atom stereocenters. The summed E-state index contributed by atoms with van der Waals surface area (Å²) >= 11 is 1.52. The third kappa shape index (κ3) is 6.13. The Bertz CT molecular complexity index is 1360. The summed E-state index contributed by atoms with van der Waals surface area (Å²) < 4.78 is 20.9. The molecule has 0 fully saturated rings. The van der Waals surface area contributed by atoms with Crippen LogP contribution in [0.4, 0.5) is 10.2 Å². The van der Waals surface area contributed by atoms with E-state index in [9.17, 15) is 14.0 Å². The van der Waals surface area contributed by atoms with Gasteiger partial charge in [0.2, 0.25) is 11.8 Å². The Balaban J connectivity index is 1.82. The molecular formula is C30H37FN4O3S. The normalized spacial score (nSPS) is 16.1. The van der Waals surface area contributed by atoms with Gasteiger partial charge in [-0.3, -0.25) is 14.5 Å². The number of para-hydroxylation sites is 1. The molecule has 0 saturated carbocycles. The number of methoxy groups -OCH3 is 1. The van der Waals surface area contributed by atoms with Crippen molar-refractivity contribution in [3.63, 3.8) is 0 Å². The first kappa shape index (κ1) is 28.7. The lowest BCUT2D eigenvalue weighted by Crippen LogP contribution is -2.43. The average Bonchev–Trinajstić information content (AvgIpc) is 3.23. The maximum Gasteiger partial charge on any atom is 0.240 e. The summed E-state index contributed by atoms with van der Waals surface area (Å²) in [4.78, 5) is 28.5. The van der Waals surface area contributed by atoms with Gasteiger partial charge in [0, 0.05) is 23.1 Å². The average molecular weight is 553 g/mol. The number of carbonyl (C=O) groups excluding carboxylic acids is 2. The van der Waals surface area contributed by atoms with Crippen LogP contribution in [0.3, 0.4) is 0 Å². The van der Waals surface area contributed by atoms with Crippen molar-refractivity contribution in [2.45, 2.75) is 64.3 Å². The molecule has 3 aromatic rings. The number of ether oxygens (including phenoxy) is 1. The van der Waals surface area contributed by atoms with Gasteiger partial charge in [0.05, 0.1) is 29.3 Å². The Morgan fingerprint density at radius 1 is 1.10 bits per heavy atom. The zero-order valence-corrected chi connectivity index (χ0v) is 24.5. The van der Waals surface area contributed by atoms with Gasteiger partial charge < -0.3 is 10.1 Å². The zero-order valence-electron chi connectivity index (χ0n) is 23.7. The molecular weight excluding hydrogens is 515 g/mol. The molecule has 0 radical (unpaired) electrons. The highest BCUT2D eigenvalue weighted by molar-refractivity contribution is 8.00. The van der Waals surface area contributed by atoms with Crippen molar-refractivity contribution in [3.8, 4) is 5.75 Å². The van der Waals surface area contributed by atoms with Crippen molar-refractivity contribution in [2.75, 3.05) is 24.3 Å². The standard InChI is InChI=1S/C30H37FN4O3S/c1-29(2,3)27-25-26(21-10-8-9-11-22(21)38-7)39-18-24(37)34(28(25)35(33-27)30(4,5)6)17-23(36)32-16-19-12-14-20(31)15-13-19/h8-15,26H,16-18H2,1-7H3,(H,32,36)/t26-/m0/s1. The summed E-state index contributed by atoms with van der Waals surface area (Å²) in [5, 5.41) is 7.76. The quantitative estimate of drug-likeness (QED) is 0.433. The van der Waals surface area contributed by atoms with Gasteiger partial charge in [-0.25, -0.2) is 9.07 Å². The third-order valence-electron chi connectivity index (χ3n) is 6.56. The summed E-state index contributed by atoms with van der Waals surface area (Å²) in [6.07, 6.45) is 0. The monoisotopic (exact) mass is 552 g/mol. The molecule has 0 spiro atoms. The molecule has 2 heterocycles. The Morgan fingerprint density at radius 2 is 1.77 bits per heavy atom. The minimum Gasteiger partial charge on any atom is -0.496 e. The molecule has 2 amide bonds. The summed E-state index contributed by atoms with van der Waals surface area (Å²) in [5.74, 6) is 0.758. The van der Waals surface area contributed by atoms with Gasteiger partial charge in [-0.1, -0.05) is 51.1 Å². The predicted octanol–water partition coefficient (Wildman–Crippen LogP) is 5.57. The maximum absolute atomic E-state index is 13.7. The number of nitrogens with zero attached hydrogens (tertiary/aromatic N) is 3. The number of anilines is 1.